The normalized spacial score (nSPS) is 13.1. The number of nitrogens with zero attached hydrogens (tertiary/aromatic N) is 4. The number of fused-ring (bicyclic) bond motifs is 2. The van der Waals surface area contributed by atoms with Gasteiger partial charge < -0.3 is 9.47 Å². The highest BCUT2D eigenvalue weighted by Gasteiger charge is 2.34. The highest BCUT2D eigenvalue weighted by Crippen LogP contribution is 2.43. The Morgan fingerprint density at radius 1 is 0.968 bits per heavy atom. The summed E-state index contributed by atoms with van der Waals surface area (Å²) in [6.07, 6.45) is 1.62. The van der Waals surface area contributed by atoms with Gasteiger partial charge in [-0.25, -0.2) is 9.37 Å². The molecule has 5 rings (SSSR count). The summed E-state index contributed by atoms with van der Waals surface area (Å²) in [5, 5.41) is 0.531. The molecule has 0 N–H and O–H groups in total. The zero-order valence-corrected chi connectivity index (χ0v) is 17.4. The van der Waals surface area contributed by atoms with Crippen molar-refractivity contribution in [2.75, 3.05) is 16.8 Å². The smallest absolute Gasteiger partial charge is 0.283 e. The van der Waals surface area contributed by atoms with Gasteiger partial charge in [-0.3, -0.25) is 9.69 Å². The van der Waals surface area contributed by atoms with Crippen molar-refractivity contribution in [2.24, 2.45) is 0 Å². The molecule has 0 atom stereocenters. The van der Waals surface area contributed by atoms with E-state index in [9.17, 15) is 9.18 Å². The monoisotopic (exact) mass is 432 g/mol. The van der Waals surface area contributed by atoms with Crippen molar-refractivity contribution < 1.29 is 9.18 Å². The molecule has 2 heterocycles. The third-order valence-electron chi connectivity index (χ3n) is 5.34. The molecule has 0 bridgehead atoms. The number of hydrogen-bond acceptors (Lipinski definition) is 3. The lowest BCUT2D eigenvalue weighted by Gasteiger charge is -2.25. The highest BCUT2D eigenvalue weighted by atomic mass is 35.5. The third-order valence-corrected chi connectivity index (χ3v) is 5.57. The lowest BCUT2D eigenvalue weighted by Crippen LogP contribution is -2.27. The number of halogens is 2. The maximum atomic E-state index is 13.9. The molecule has 1 amide bonds. The van der Waals surface area contributed by atoms with Gasteiger partial charge >= 0.3 is 0 Å². The quantitative estimate of drug-likeness (QED) is 0.412. The van der Waals surface area contributed by atoms with Crippen LogP contribution in [0.5, 0.6) is 0 Å². The predicted octanol–water partition coefficient (Wildman–Crippen LogP) is 5.78. The number of carbonyl (C=O) groups is 1. The van der Waals surface area contributed by atoms with Crippen LogP contribution in [0.25, 0.3) is 0 Å². The standard InChI is InChI=1S/C24H18ClFN4O/c1-28-20-11-10-17(25)13-21(20)30(19-8-3-2-4-9-19)24(31)22-23(28)27-15-29(22)14-16-6-5-7-18(26)12-16/h2-13,15H,14H2,1H3. The second-order valence-corrected chi connectivity index (χ2v) is 7.78. The van der Waals surface area contributed by atoms with E-state index in [1.807, 2.05) is 54.4 Å². The molecule has 1 aliphatic heterocycles. The van der Waals surface area contributed by atoms with E-state index in [2.05, 4.69) is 4.98 Å². The van der Waals surface area contributed by atoms with Crippen LogP contribution >= 0.6 is 11.6 Å². The van der Waals surface area contributed by atoms with Gasteiger partial charge in [0, 0.05) is 24.3 Å². The van der Waals surface area contributed by atoms with Crippen LogP contribution in [0, 0.1) is 5.82 Å². The fourth-order valence-corrected chi connectivity index (χ4v) is 4.08. The zero-order valence-electron chi connectivity index (χ0n) is 16.7. The number of hydrogen-bond donors (Lipinski definition) is 0. The van der Waals surface area contributed by atoms with Gasteiger partial charge in [0.05, 0.1) is 17.7 Å². The lowest BCUT2D eigenvalue weighted by atomic mass is 10.2. The van der Waals surface area contributed by atoms with Crippen LogP contribution in [0.15, 0.2) is 79.1 Å². The van der Waals surface area contributed by atoms with Crippen molar-refractivity contribution in [1.82, 2.24) is 9.55 Å². The summed E-state index contributed by atoms with van der Waals surface area (Å²) < 4.78 is 15.5. The summed E-state index contributed by atoms with van der Waals surface area (Å²) in [4.78, 5) is 22.0. The number of benzene rings is 3. The molecule has 7 heteroatoms. The van der Waals surface area contributed by atoms with E-state index in [1.165, 1.54) is 12.1 Å². The van der Waals surface area contributed by atoms with Crippen LogP contribution in [0.1, 0.15) is 16.1 Å². The molecule has 31 heavy (non-hydrogen) atoms. The van der Waals surface area contributed by atoms with Crippen molar-refractivity contribution in [2.45, 2.75) is 6.54 Å². The first kappa shape index (κ1) is 19.3. The minimum atomic E-state index is -0.319. The minimum Gasteiger partial charge on any atom is -0.326 e. The van der Waals surface area contributed by atoms with Gasteiger partial charge in [-0.1, -0.05) is 41.9 Å². The summed E-state index contributed by atoms with van der Waals surface area (Å²) >= 11 is 6.30. The SMILES string of the molecule is CN1c2ccc(Cl)cc2N(c2ccccc2)C(=O)c2c1ncn2Cc1cccc(F)c1. The summed E-state index contributed by atoms with van der Waals surface area (Å²) in [7, 11) is 1.87. The van der Waals surface area contributed by atoms with E-state index < -0.39 is 0 Å². The van der Waals surface area contributed by atoms with Crippen molar-refractivity contribution in [3.05, 3.63) is 101 Å². The molecule has 0 unspecified atom stereocenters. The minimum absolute atomic E-state index is 0.233. The Kier molecular flexibility index (Phi) is 4.71. The van der Waals surface area contributed by atoms with E-state index in [-0.39, 0.29) is 11.7 Å². The second kappa shape index (κ2) is 7.56. The Hall–Kier alpha value is -3.64. The average Bonchev–Trinajstić information content (AvgIpc) is 3.14. The Bertz CT molecular complexity index is 1290. The summed E-state index contributed by atoms with van der Waals surface area (Å²) in [5.74, 6) is -0.0218. The summed E-state index contributed by atoms with van der Waals surface area (Å²) in [5.41, 5.74) is 3.35. The van der Waals surface area contributed by atoms with E-state index in [0.717, 1.165) is 16.9 Å². The Morgan fingerprint density at radius 3 is 2.55 bits per heavy atom. The largest absolute Gasteiger partial charge is 0.326 e. The van der Waals surface area contributed by atoms with Crippen LogP contribution in [-0.4, -0.2) is 22.5 Å². The Labute approximate surface area is 183 Å². The first-order valence-corrected chi connectivity index (χ1v) is 10.1. The molecule has 0 saturated heterocycles. The maximum Gasteiger partial charge on any atom is 0.283 e. The fourth-order valence-electron chi connectivity index (χ4n) is 3.91. The van der Waals surface area contributed by atoms with E-state index in [4.69, 9.17) is 11.6 Å². The lowest BCUT2D eigenvalue weighted by molar-refractivity contribution is 0.0992. The van der Waals surface area contributed by atoms with Crippen LogP contribution < -0.4 is 9.80 Å². The van der Waals surface area contributed by atoms with E-state index >= 15 is 0 Å². The molecule has 1 aliphatic rings. The molecule has 0 fully saturated rings. The topological polar surface area (TPSA) is 41.4 Å². The fraction of sp³-hybridized carbons (Fsp3) is 0.0833. The average molecular weight is 433 g/mol. The zero-order chi connectivity index (χ0) is 21.5. The van der Waals surface area contributed by atoms with Crippen molar-refractivity contribution in [1.29, 1.82) is 0 Å². The van der Waals surface area contributed by atoms with Gasteiger partial charge in [-0.05, 0) is 48.0 Å². The van der Waals surface area contributed by atoms with Crippen LogP contribution in [0.4, 0.5) is 27.3 Å². The van der Waals surface area contributed by atoms with Gasteiger partial charge in [0.1, 0.15) is 5.82 Å². The molecule has 154 valence electrons. The van der Waals surface area contributed by atoms with Crippen LogP contribution in [0.2, 0.25) is 5.02 Å². The van der Waals surface area contributed by atoms with Gasteiger partial charge in [-0.15, -0.1) is 0 Å². The van der Waals surface area contributed by atoms with Gasteiger partial charge in [0.25, 0.3) is 5.91 Å². The van der Waals surface area contributed by atoms with Crippen molar-refractivity contribution >= 4 is 40.4 Å². The number of carbonyl (C=O) groups excluding carboxylic acids is 1. The number of para-hydroxylation sites is 1. The number of imidazole rings is 1. The van der Waals surface area contributed by atoms with Crippen LogP contribution in [0.3, 0.4) is 0 Å². The molecule has 0 aliphatic carbocycles. The van der Waals surface area contributed by atoms with Gasteiger partial charge in [-0.2, -0.15) is 0 Å². The Morgan fingerprint density at radius 2 is 1.77 bits per heavy atom. The first-order valence-electron chi connectivity index (χ1n) is 9.75. The summed E-state index contributed by atoms with van der Waals surface area (Å²) in [6, 6.07) is 21.2. The molecule has 4 aromatic rings. The number of anilines is 4. The van der Waals surface area contributed by atoms with Gasteiger partial charge in [0.2, 0.25) is 0 Å². The van der Waals surface area contributed by atoms with E-state index in [1.54, 1.807) is 34.0 Å². The van der Waals surface area contributed by atoms with Crippen molar-refractivity contribution in [3.63, 3.8) is 0 Å². The maximum absolute atomic E-state index is 13.9. The Balaban J connectivity index is 1.70. The number of rotatable bonds is 3. The van der Waals surface area contributed by atoms with Crippen molar-refractivity contribution in [3.8, 4) is 0 Å². The molecule has 0 spiro atoms. The second-order valence-electron chi connectivity index (χ2n) is 7.34. The summed E-state index contributed by atoms with van der Waals surface area (Å²) in [6.45, 7) is 0.319. The van der Waals surface area contributed by atoms with Gasteiger partial charge in [0.15, 0.2) is 11.5 Å². The molecule has 1 aromatic heterocycles. The third kappa shape index (κ3) is 3.35. The molecular weight excluding hydrogens is 415 g/mol. The number of amides is 1. The van der Waals surface area contributed by atoms with E-state index in [0.29, 0.717) is 28.8 Å². The molecule has 0 saturated carbocycles. The highest BCUT2D eigenvalue weighted by molar-refractivity contribution is 6.31. The first-order chi connectivity index (χ1) is 15.0. The molecule has 5 nitrogen and oxygen atoms in total. The molecular formula is C24H18ClFN4O. The number of aromatic nitrogens is 2. The molecule has 0 radical (unpaired) electrons. The van der Waals surface area contributed by atoms with Crippen LogP contribution in [-0.2, 0) is 6.54 Å². The predicted molar refractivity (Wildman–Crippen MR) is 120 cm³/mol. The molecule has 3 aromatic carbocycles.